The number of pyridine rings is 2. The molecule has 3 rings (SSSR count). The Morgan fingerprint density at radius 1 is 1.17 bits per heavy atom. The van der Waals surface area contributed by atoms with E-state index in [9.17, 15) is 13.4 Å². The molecule has 0 radical (unpaired) electrons. The quantitative estimate of drug-likeness (QED) is 0.600. The zero-order valence-corrected chi connectivity index (χ0v) is 17.1. The minimum absolute atomic E-state index is 0.0902. The third-order valence-corrected chi connectivity index (χ3v) is 5.54. The number of aromatic nitrogens is 2. The Labute approximate surface area is 175 Å². The lowest BCUT2D eigenvalue weighted by Crippen LogP contribution is -2.23. The van der Waals surface area contributed by atoms with Gasteiger partial charge in [0.25, 0.3) is 5.91 Å². The van der Waals surface area contributed by atoms with Crippen LogP contribution in [0.25, 0.3) is 0 Å². The van der Waals surface area contributed by atoms with Gasteiger partial charge in [-0.15, -0.1) is 0 Å². The maximum Gasteiger partial charge on any atom is 0.253 e. The number of hydrogen-bond donors (Lipinski definition) is 2. The van der Waals surface area contributed by atoms with Crippen LogP contribution in [-0.4, -0.2) is 20.1 Å². The minimum Gasteiger partial charge on any atom is -0.348 e. The Morgan fingerprint density at radius 2 is 2.00 bits per heavy atom. The minimum atomic E-state index is -1.57. The van der Waals surface area contributed by atoms with E-state index in [1.165, 1.54) is 18.3 Å². The Kier molecular flexibility index (Phi) is 7.03. The van der Waals surface area contributed by atoms with Gasteiger partial charge in [-0.1, -0.05) is 11.6 Å². The molecule has 0 aliphatic heterocycles. The first-order valence-electron chi connectivity index (χ1n) is 8.67. The molecule has 1 aromatic carbocycles. The van der Waals surface area contributed by atoms with Crippen molar-refractivity contribution in [2.45, 2.75) is 24.9 Å². The summed E-state index contributed by atoms with van der Waals surface area (Å²) in [6.45, 7) is 2.54. The van der Waals surface area contributed by atoms with Crippen molar-refractivity contribution in [3.8, 4) is 0 Å². The molecule has 0 fully saturated rings. The van der Waals surface area contributed by atoms with Gasteiger partial charge in [-0.3, -0.25) is 14.8 Å². The molecule has 0 bridgehead atoms. The molecule has 0 spiro atoms. The third kappa shape index (κ3) is 5.66. The van der Waals surface area contributed by atoms with Crippen LogP contribution in [0.15, 0.2) is 59.9 Å². The van der Waals surface area contributed by atoms with E-state index >= 15 is 0 Å². The zero-order chi connectivity index (χ0) is 20.8. The number of nitrogens with zero attached hydrogens (tertiary/aromatic N) is 2. The van der Waals surface area contributed by atoms with Crippen LogP contribution in [0.5, 0.6) is 0 Å². The first kappa shape index (κ1) is 21.0. The number of halogens is 2. The van der Waals surface area contributed by atoms with Gasteiger partial charge in [0.05, 0.1) is 27.7 Å². The first-order chi connectivity index (χ1) is 13.9. The Hall–Kier alpha value is -2.68. The molecule has 29 heavy (non-hydrogen) atoms. The van der Waals surface area contributed by atoms with E-state index in [4.69, 9.17) is 11.6 Å². The van der Waals surface area contributed by atoms with E-state index in [2.05, 4.69) is 20.0 Å². The molecule has 6 nitrogen and oxygen atoms in total. The molecule has 150 valence electrons. The van der Waals surface area contributed by atoms with Crippen molar-refractivity contribution in [3.05, 3.63) is 88.2 Å². The number of rotatable bonds is 7. The lowest BCUT2D eigenvalue weighted by Gasteiger charge is -2.08. The summed E-state index contributed by atoms with van der Waals surface area (Å²) in [5.74, 6) is -0.813. The van der Waals surface area contributed by atoms with Crippen LogP contribution < -0.4 is 10.0 Å². The van der Waals surface area contributed by atoms with E-state index in [1.807, 2.05) is 13.0 Å². The predicted molar refractivity (Wildman–Crippen MR) is 109 cm³/mol. The number of nitrogens with one attached hydrogen (secondary N) is 2. The van der Waals surface area contributed by atoms with Crippen molar-refractivity contribution < 1.29 is 13.4 Å². The Bertz CT molecular complexity index is 1050. The summed E-state index contributed by atoms with van der Waals surface area (Å²) in [6.07, 6.45) is 4.88. The van der Waals surface area contributed by atoms with Gasteiger partial charge >= 0.3 is 0 Å². The second kappa shape index (κ2) is 9.69. The van der Waals surface area contributed by atoms with E-state index in [0.29, 0.717) is 22.7 Å². The molecule has 3 aromatic rings. The van der Waals surface area contributed by atoms with Crippen LogP contribution >= 0.6 is 11.6 Å². The van der Waals surface area contributed by atoms with Gasteiger partial charge < -0.3 is 5.32 Å². The predicted octanol–water partition coefficient (Wildman–Crippen LogP) is 3.32. The normalized spacial score (nSPS) is 11.8. The third-order valence-electron chi connectivity index (χ3n) is 4.16. The van der Waals surface area contributed by atoms with Crippen molar-refractivity contribution >= 4 is 28.5 Å². The van der Waals surface area contributed by atoms with E-state index in [1.54, 1.807) is 24.5 Å². The highest BCUT2D eigenvalue weighted by Gasteiger charge is 2.10. The summed E-state index contributed by atoms with van der Waals surface area (Å²) in [7, 11) is -1.57. The number of aryl methyl sites for hydroxylation is 1. The molecule has 0 saturated carbocycles. The molecule has 2 aromatic heterocycles. The van der Waals surface area contributed by atoms with E-state index in [-0.39, 0.29) is 17.5 Å². The second-order valence-corrected chi connectivity index (χ2v) is 7.89. The molecule has 0 saturated heterocycles. The van der Waals surface area contributed by atoms with E-state index < -0.39 is 16.8 Å². The summed E-state index contributed by atoms with van der Waals surface area (Å²) in [5.41, 5.74) is 3.02. The van der Waals surface area contributed by atoms with Crippen LogP contribution in [0, 0.1) is 12.7 Å². The fourth-order valence-corrected chi connectivity index (χ4v) is 3.55. The molecule has 2 N–H and O–H groups in total. The molecule has 1 unspecified atom stereocenters. The van der Waals surface area contributed by atoms with Crippen LogP contribution in [0.3, 0.4) is 0 Å². The van der Waals surface area contributed by atoms with Gasteiger partial charge in [0.1, 0.15) is 16.8 Å². The van der Waals surface area contributed by atoms with Crippen molar-refractivity contribution in [3.63, 3.8) is 0 Å². The number of hydrogen-bond acceptors (Lipinski definition) is 4. The monoisotopic (exact) mass is 432 g/mol. The summed E-state index contributed by atoms with van der Waals surface area (Å²) >= 11 is 5.70. The van der Waals surface area contributed by atoms with Crippen molar-refractivity contribution in [2.75, 3.05) is 0 Å². The van der Waals surface area contributed by atoms with Crippen molar-refractivity contribution in [2.24, 2.45) is 0 Å². The van der Waals surface area contributed by atoms with E-state index in [0.717, 1.165) is 17.2 Å². The maximum absolute atomic E-state index is 13.2. The van der Waals surface area contributed by atoms with Crippen molar-refractivity contribution in [1.29, 1.82) is 0 Å². The van der Waals surface area contributed by atoms with Crippen molar-refractivity contribution in [1.82, 2.24) is 20.0 Å². The summed E-state index contributed by atoms with van der Waals surface area (Å²) in [5, 5.41) is 2.74. The maximum atomic E-state index is 13.2. The lowest BCUT2D eigenvalue weighted by atomic mass is 10.1. The molecule has 0 aliphatic carbocycles. The SMILES string of the molecule is Cc1ccncc1CNC(=O)c1ccc(CNS(=O)c2ccc(F)c(Cl)c2)nc1. The largest absolute Gasteiger partial charge is 0.348 e. The van der Waals surface area contributed by atoms with Crippen LogP contribution in [-0.2, 0) is 24.1 Å². The first-order valence-corrected chi connectivity index (χ1v) is 10.2. The number of amides is 1. The summed E-state index contributed by atoms with van der Waals surface area (Å²) in [4.78, 5) is 20.9. The standard InChI is InChI=1S/C20H18ClFN4O2S/c1-13-6-7-23-9-15(13)11-25-20(27)14-2-3-16(24-10-14)12-26-29(28)17-4-5-19(22)18(21)8-17/h2-10,26H,11-12H2,1H3,(H,25,27). The molecular formula is C20H18ClFN4O2S. The molecular weight excluding hydrogens is 415 g/mol. The second-order valence-electron chi connectivity index (χ2n) is 6.19. The molecule has 1 amide bonds. The summed E-state index contributed by atoms with van der Waals surface area (Å²) < 4.78 is 28.2. The fourth-order valence-electron chi connectivity index (χ4n) is 2.44. The highest BCUT2D eigenvalue weighted by molar-refractivity contribution is 7.83. The van der Waals surface area contributed by atoms with Gasteiger partial charge in [0, 0.05) is 25.1 Å². The molecule has 2 heterocycles. The average Bonchev–Trinajstić information content (AvgIpc) is 2.73. The van der Waals surface area contributed by atoms with Gasteiger partial charge in [0.2, 0.25) is 0 Å². The average molecular weight is 433 g/mol. The fraction of sp³-hybridized carbons (Fsp3) is 0.150. The van der Waals surface area contributed by atoms with Crippen LogP contribution in [0.4, 0.5) is 4.39 Å². The molecule has 9 heteroatoms. The number of carbonyl (C=O) groups excluding carboxylic acids is 1. The number of carbonyl (C=O) groups is 1. The zero-order valence-electron chi connectivity index (χ0n) is 15.5. The van der Waals surface area contributed by atoms with Crippen LogP contribution in [0.1, 0.15) is 27.2 Å². The Morgan fingerprint density at radius 3 is 2.69 bits per heavy atom. The summed E-state index contributed by atoms with van der Waals surface area (Å²) in [6, 6.07) is 9.07. The Balaban J connectivity index is 1.54. The lowest BCUT2D eigenvalue weighted by molar-refractivity contribution is 0.0950. The van der Waals surface area contributed by atoms with Gasteiger partial charge in [-0.25, -0.2) is 13.3 Å². The topological polar surface area (TPSA) is 84.0 Å². The smallest absolute Gasteiger partial charge is 0.253 e. The van der Waals surface area contributed by atoms with Crippen LogP contribution in [0.2, 0.25) is 5.02 Å². The van der Waals surface area contributed by atoms with Gasteiger partial charge in [-0.2, -0.15) is 0 Å². The highest BCUT2D eigenvalue weighted by Crippen LogP contribution is 2.17. The van der Waals surface area contributed by atoms with Gasteiger partial charge in [0.15, 0.2) is 0 Å². The number of benzene rings is 1. The van der Waals surface area contributed by atoms with Gasteiger partial charge in [-0.05, 0) is 54.4 Å². The molecule has 1 atom stereocenters. The highest BCUT2D eigenvalue weighted by atomic mass is 35.5. The molecule has 0 aliphatic rings.